The van der Waals surface area contributed by atoms with E-state index in [4.69, 9.17) is 4.74 Å². The van der Waals surface area contributed by atoms with E-state index in [0.717, 1.165) is 16.2 Å². The van der Waals surface area contributed by atoms with Crippen LogP contribution in [-0.2, 0) is 0 Å². The first kappa shape index (κ1) is 12.1. The van der Waals surface area contributed by atoms with Crippen LogP contribution in [0, 0.1) is 13.8 Å². The zero-order valence-corrected chi connectivity index (χ0v) is 11.0. The molecule has 0 bridgehead atoms. The first-order valence-corrected chi connectivity index (χ1v) is 6.32. The van der Waals surface area contributed by atoms with Crippen molar-refractivity contribution in [2.24, 2.45) is 0 Å². The maximum absolute atomic E-state index is 10.3. The highest BCUT2D eigenvalue weighted by Crippen LogP contribution is 2.31. The standard InChI is InChI=1S/C14H16O2S/c1-9-8-13(17-10(9)2)14(15)11-4-6-12(16-3)7-5-11/h4-8,14-15H,1-3H3. The summed E-state index contributed by atoms with van der Waals surface area (Å²) in [5.41, 5.74) is 2.13. The summed E-state index contributed by atoms with van der Waals surface area (Å²) in [7, 11) is 1.64. The Balaban J connectivity index is 2.26. The number of aryl methyl sites for hydroxylation is 2. The van der Waals surface area contributed by atoms with Crippen molar-refractivity contribution in [3.8, 4) is 5.75 Å². The zero-order valence-electron chi connectivity index (χ0n) is 10.2. The number of thiophene rings is 1. The highest BCUT2D eigenvalue weighted by Gasteiger charge is 2.13. The highest BCUT2D eigenvalue weighted by molar-refractivity contribution is 7.12. The molecule has 2 rings (SSSR count). The summed E-state index contributed by atoms with van der Waals surface area (Å²) in [6, 6.07) is 9.58. The van der Waals surface area contributed by atoms with Crippen LogP contribution in [0.25, 0.3) is 0 Å². The molecule has 0 spiro atoms. The van der Waals surface area contributed by atoms with Crippen LogP contribution in [0.1, 0.15) is 27.0 Å². The number of methoxy groups -OCH3 is 1. The van der Waals surface area contributed by atoms with Crippen LogP contribution in [0.5, 0.6) is 5.75 Å². The van der Waals surface area contributed by atoms with Gasteiger partial charge in [0.05, 0.1) is 7.11 Å². The number of aliphatic hydroxyl groups is 1. The molecule has 0 radical (unpaired) electrons. The summed E-state index contributed by atoms with van der Waals surface area (Å²) in [5, 5.41) is 10.3. The quantitative estimate of drug-likeness (QED) is 0.901. The van der Waals surface area contributed by atoms with E-state index < -0.39 is 6.10 Å². The first-order valence-electron chi connectivity index (χ1n) is 5.50. The first-order chi connectivity index (χ1) is 8.11. The normalized spacial score (nSPS) is 12.5. The summed E-state index contributed by atoms with van der Waals surface area (Å²) in [5.74, 6) is 0.805. The Morgan fingerprint density at radius 2 is 1.82 bits per heavy atom. The van der Waals surface area contributed by atoms with Crippen LogP contribution in [0.2, 0.25) is 0 Å². The molecule has 1 heterocycles. The van der Waals surface area contributed by atoms with Crippen LogP contribution in [-0.4, -0.2) is 12.2 Å². The van der Waals surface area contributed by atoms with Crippen molar-refractivity contribution in [3.63, 3.8) is 0 Å². The van der Waals surface area contributed by atoms with E-state index in [2.05, 4.69) is 19.9 Å². The number of aliphatic hydroxyl groups excluding tert-OH is 1. The minimum atomic E-state index is -0.543. The summed E-state index contributed by atoms with van der Waals surface area (Å²) in [4.78, 5) is 2.25. The molecular formula is C14H16O2S. The van der Waals surface area contributed by atoms with Gasteiger partial charge in [-0.1, -0.05) is 12.1 Å². The smallest absolute Gasteiger partial charge is 0.118 e. The van der Waals surface area contributed by atoms with Gasteiger partial charge in [0.15, 0.2) is 0 Å². The second-order valence-corrected chi connectivity index (χ2v) is 5.35. The molecule has 0 aliphatic rings. The Morgan fingerprint density at radius 1 is 1.18 bits per heavy atom. The SMILES string of the molecule is COc1ccc(C(O)c2cc(C)c(C)s2)cc1. The van der Waals surface area contributed by atoms with Crippen LogP contribution >= 0.6 is 11.3 Å². The molecule has 0 aliphatic carbocycles. The molecule has 0 amide bonds. The fourth-order valence-corrected chi connectivity index (χ4v) is 2.74. The lowest BCUT2D eigenvalue weighted by atomic mass is 10.1. The van der Waals surface area contributed by atoms with Crippen molar-refractivity contribution in [3.05, 3.63) is 51.2 Å². The number of rotatable bonds is 3. The Labute approximate surface area is 105 Å². The second kappa shape index (κ2) is 4.90. The lowest BCUT2D eigenvalue weighted by molar-refractivity contribution is 0.224. The maximum Gasteiger partial charge on any atom is 0.118 e. The number of benzene rings is 1. The van der Waals surface area contributed by atoms with Crippen molar-refractivity contribution in [1.82, 2.24) is 0 Å². The van der Waals surface area contributed by atoms with Gasteiger partial charge in [0.2, 0.25) is 0 Å². The molecule has 0 saturated heterocycles. The minimum Gasteiger partial charge on any atom is -0.497 e. The molecule has 0 aliphatic heterocycles. The Kier molecular flexibility index (Phi) is 3.50. The van der Waals surface area contributed by atoms with Crippen molar-refractivity contribution in [2.45, 2.75) is 20.0 Å². The van der Waals surface area contributed by atoms with Gasteiger partial charge < -0.3 is 9.84 Å². The highest BCUT2D eigenvalue weighted by atomic mass is 32.1. The predicted molar refractivity (Wildman–Crippen MR) is 70.8 cm³/mol. The molecular weight excluding hydrogens is 232 g/mol. The van der Waals surface area contributed by atoms with E-state index in [0.29, 0.717) is 0 Å². The van der Waals surface area contributed by atoms with Crippen LogP contribution in [0.15, 0.2) is 30.3 Å². The van der Waals surface area contributed by atoms with Gasteiger partial charge in [0.1, 0.15) is 11.9 Å². The molecule has 1 atom stereocenters. The lowest BCUT2D eigenvalue weighted by Gasteiger charge is -2.09. The van der Waals surface area contributed by atoms with Gasteiger partial charge in [0, 0.05) is 9.75 Å². The van der Waals surface area contributed by atoms with E-state index in [-0.39, 0.29) is 0 Å². The molecule has 2 nitrogen and oxygen atoms in total. The topological polar surface area (TPSA) is 29.5 Å². The van der Waals surface area contributed by atoms with E-state index in [9.17, 15) is 5.11 Å². The third-order valence-corrected chi connectivity index (χ3v) is 4.09. The fraction of sp³-hybridized carbons (Fsp3) is 0.286. The number of ether oxygens (including phenoxy) is 1. The van der Waals surface area contributed by atoms with Gasteiger partial charge in [-0.25, -0.2) is 0 Å². The molecule has 2 aromatic rings. The molecule has 1 unspecified atom stereocenters. The molecule has 90 valence electrons. The largest absolute Gasteiger partial charge is 0.497 e. The monoisotopic (exact) mass is 248 g/mol. The summed E-state index contributed by atoms with van der Waals surface area (Å²) in [6.07, 6.45) is -0.543. The third kappa shape index (κ3) is 2.51. The predicted octanol–water partition coefficient (Wildman–Crippen LogP) is 3.46. The summed E-state index contributed by atoms with van der Waals surface area (Å²) < 4.78 is 5.10. The fourth-order valence-electron chi connectivity index (χ4n) is 1.69. The van der Waals surface area contributed by atoms with E-state index >= 15 is 0 Å². The van der Waals surface area contributed by atoms with Crippen molar-refractivity contribution < 1.29 is 9.84 Å². The second-order valence-electron chi connectivity index (χ2n) is 4.06. The van der Waals surface area contributed by atoms with Gasteiger partial charge in [-0.15, -0.1) is 11.3 Å². The summed E-state index contributed by atoms with van der Waals surface area (Å²) in [6.45, 7) is 4.14. The average molecular weight is 248 g/mol. The molecule has 0 fully saturated rings. The lowest BCUT2D eigenvalue weighted by Crippen LogP contribution is -1.96. The van der Waals surface area contributed by atoms with Crippen molar-refractivity contribution >= 4 is 11.3 Å². The van der Waals surface area contributed by atoms with Crippen molar-refractivity contribution in [2.75, 3.05) is 7.11 Å². The minimum absolute atomic E-state index is 0.543. The maximum atomic E-state index is 10.3. The Bertz CT molecular complexity index is 480. The Hall–Kier alpha value is -1.32. The number of hydrogen-bond donors (Lipinski definition) is 1. The van der Waals surface area contributed by atoms with Gasteiger partial charge in [-0.2, -0.15) is 0 Å². The van der Waals surface area contributed by atoms with Crippen LogP contribution in [0.4, 0.5) is 0 Å². The average Bonchev–Trinajstić information content (AvgIpc) is 2.69. The molecule has 1 aromatic heterocycles. The van der Waals surface area contributed by atoms with E-state index in [1.807, 2.05) is 24.3 Å². The molecule has 3 heteroatoms. The van der Waals surface area contributed by atoms with E-state index in [1.54, 1.807) is 18.4 Å². The van der Waals surface area contributed by atoms with E-state index in [1.165, 1.54) is 10.4 Å². The van der Waals surface area contributed by atoms with Gasteiger partial charge >= 0.3 is 0 Å². The van der Waals surface area contributed by atoms with Gasteiger partial charge in [-0.3, -0.25) is 0 Å². The number of hydrogen-bond acceptors (Lipinski definition) is 3. The molecule has 1 aromatic carbocycles. The molecule has 1 N–H and O–H groups in total. The van der Waals surface area contributed by atoms with Crippen LogP contribution in [0.3, 0.4) is 0 Å². The Morgan fingerprint density at radius 3 is 2.29 bits per heavy atom. The van der Waals surface area contributed by atoms with Gasteiger partial charge in [-0.05, 0) is 43.2 Å². The summed E-state index contributed by atoms with van der Waals surface area (Å²) >= 11 is 1.65. The molecule has 0 saturated carbocycles. The third-order valence-electron chi connectivity index (χ3n) is 2.89. The van der Waals surface area contributed by atoms with Crippen molar-refractivity contribution in [1.29, 1.82) is 0 Å². The molecule has 17 heavy (non-hydrogen) atoms. The van der Waals surface area contributed by atoms with Crippen LogP contribution < -0.4 is 4.74 Å². The van der Waals surface area contributed by atoms with Gasteiger partial charge in [0.25, 0.3) is 0 Å². The zero-order chi connectivity index (χ0) is 12.4.